The molecule has 0 aliphatic carbocycles. The first kappa shape index (κ1) is 21.4. The summed E-state index contributed by atoms with van der Waals surface area (Å²) in [6.45, 7) is 4.90. The maximum absolute atomic E-state index is 12.7. The zero-order valence-corrected chi connectivity index (χ0v) is 16.7. The second kappa shape index (κ2) is 9.87. The molecule has 1 N–H and O–H groups in total. The van der Waals surface area contributed by atoms with Crippen molar-refractivity contribution < 1.29 is 4.79 Å². The lowest BCUT2D eigenvalue weighted by Gasteiger charge is -2.35. The summed E-state index contributed by atoms with van der Waals surface area (Å²) in [7, 11) is 0. The minimum Gasteiger partial charge on any atom is -0.353 e. The molecule has 0 bridgehead atoms. The molecule has 2 saturated heterocycles. The maximum Gasteiger partial charge on any atom is 0.276 e. The Morgan fingerprint density at radius 1 is 1.07 bits per heavy atom. The van der Waals surface area contributed by atoms with Crippen LogP contribution < -0.4 is 10.2 Å². The van der Waals surface area contributed by atoms with Crippen LogP contribution in [0.4, 0.5) is 5.82 Å². The Hall–Kier alpha value is -1.90. The van der Waals surface area contributed by atoms with Gasteiger partial charge in [-0.3, -0.25) is 4.79 Å². The summed E-state index contributed by atoms with van der Waals surface area (Å²) in [4.78, 5) is 21.1. The van der Waals surface area contributed by atoms with Crippen LogP contribution in [0.1, 0.15) is 29.4 Å². The number of nitrogens with zero attached hydrogens (tertiary/aromatic N) is 6. The number of aromatic nitrogens is 4. The molecular weight excluding hydrogens is 389 g/mol. The third-order valence-electron chi connectivity index (χ3n) is 4.95. The Balaban J connectivity index is 0.00000131. The molecule has 10 heteroatoms. The van der Waals surface area contributed by atoms with E-state index < -0.39 is 0 Å². The molecule has 27 heavy (non-hydrogen) atoms. The van der Waals surface area contributed by atoms with Crippen LogP contribution in [0.2, 0.25) is 0 Å². The molecule has 2 aliphatic rings. The van der Waals surface area contributed by atoms with Gasteiger partial charge in [0.05, 0.1) is 12.2 Å². The van der Waals surface area contributed by atoms with Crippen molar-refractivity contribution in [3.63, 3.8) is 0 Å². The molecule has 2 aromatic rings. The van der Waals surface area contributed by atoms with Crippen molar-refractivity contribution in [3.05, 3.63) is 36.3 Å². The molecule has 0 atom stereocenters. The van der Waals surface area contributed by atoms with Crippen molar-refractivity contribution in [1.29, 1.82) is 0 Å². The minimum atomic E-state index is -0.0270. The first-order chi connectivity index (χ1) is 12.3. The fraction of sp³-hybridized carbons (Fsp3) is 0.529. The van der Waals surface area contributed by atoms with E-state index in [1.807, 2.05) is 34.0 Å². The van der Waals surface area contributed by atoms with E-state index in [9.17, 15) is 4.79 Å². The second-order valence-corrected chi connectivity index (χ2v) is 6.53. The summed E-state index contributed by atoms with van der Waals surface area (Å²) >= 11 is 0. The number of hydrogen-bond donors (Lipinski definition) is 1. The monoisotopic (exact) mass is 413 g/mol. The van der Waals surface area contributed by atoms with Crippen LogP contribution in [0.25, 0.3) is 0 Å². The van der Waals surface area contributed by atoms with E-state index in [1.54, 1.807) is 6.20 Å². The summed E-state index contributed by atoms with van der Waals surface area (Å²) in [5.74, 6) is 0.937. The number of amides is 1. The van der Waals surface area contributed by atoms with Gasteiger partial charge in [0.15, 0.2) is 5.69 Å². The summed E-state index contributed by atoms with van der Waals surface area (Å²) in [5, 5.41) is 11.6. The van der Waals surface area contributed by atoms with E-state index in [1.165, 1.54) is 0 Å². The van der Waals surface area contributed by atoms with Crippen LogP contribution >= 0.6 is 24.8 Å². The van der Waals surface area contributed by atoms with Crippen LogP contribution in [0.5, 0.6) is 0 Å². The Kier molecular flexibility index (Phi) is 7.82. The molecule has 2 aromatic heterocycles. The van der Waals surface area contributed by atoms with Crippen LogP contribution in [-0.2, 0) is 0 Å². The lowest BCUT2D eigenvalue weighted by atomic mass is 10.1. The number of carbonyl (C=O) groups is 1. The van der Waals surface area contributed by atoms with Gasteiger partial charge < -0.3 is 15.1 Å². The maximum atomic E-state index is 12.7. The number of nitrogens with one attached hydrogen (secondary N) is 1. The number of pyridine rings is 1. The standard InChI is InChI=1S/C17H23N7O.2ClH/c25-17(15-13-24(21-20-15)14-4-7-18-8-5-14)23-11-9-22(10-12-23)16-3-1-2-6-19-16;;/h1-3,6,13-14,18H,4-5,7-12H2;2*1H. The predicted octanol–water partition coefficient (Wildman–Crippen LogP) is 1.40. The lowest BCUT2D eigenvalue weighted by Crippen LogP contribution is -2.49. The quantitative estimate of drug-likeness (QED) is 0.818. The molecule has 0 radical (unpaired) electrons. The largest absolute Gasteiger partial charge is 0.353 e. The molecule has 2 aliphatic heterocycles. The SMILES string of the molecule is Cl.Cl.O=C(c1cn(C2CCNCC2)nn1)N1CCN(c2ccccn2)CC1. The van der Waals surface area contributed by atoms with Gasteiger partial charge in [-0.25, -0.2) is 9.67 Å². The molecular formula is C17H25Cl2N7O. The molecule has 1 amide bonds. The first-order valence-corrected chi connectivity index (χ1v) is 8.89. The molecule has 2 fully saturated rings. The summed E-state index contributed by atoms with van der Waals surface area (Å²) < 4.78 is 1.86. The van der Waals surface area contributed by atoms with E-state index in [-0.39, 0.29) is 30.7 Å². The van der Waals surface area contributed by atoms with Gasteiger partial charge in [0.1, 0.15) is 5.82 Å². The fourth-order valence-electron chi connectivity index (χ4n) is 3.47. The van der Waals surface area contributed by atoms with Crippen molar-refractivity contribution >= 4 is 36.5 Å². The van der Waals surface area contributed by atoms with Gasteiger partial charge in [0.2, 0.25) is 0 Å². The van der Waals surface area contributed by atoms with Crippen LogP contribution in [0, 0.1) is 0 Å². The van der Waals surface area contributed by atoms with Crippen molar-refractivity contribution in [3.8, 4) is 0 Å². The van der Waals surface area contributed by atoms with Crippen LogP contribution in [-0.4, -0.2) is 70.1 Å². The van der Waals surface area contributed by atoms with Gasteiger partial charge in [0.25, 0.3) is 5.91 Å². The van der Waals surface area contributed by atoms with Gasteiger partial charge >= 0.3 is 0 Å². The highest BCUT2D eigenvalue weighted by atomic mass is 35.5. The van der Waals surface area contributed by atoms with Crippen LogP contribution in [0.3, 0.4) is 0 Å². The highest BCUT2D eigenvalue weighted by Gasteiger charge is 2.25. The number of anilines is 1. The molecule has 148 valence electrons. The first-order valence-electron chi connectivity index (χ1n) is 8.89. The van der Waals surface area contributed by atoms with Gasteiger partial charge in [-0.1, -0.05) is 11.3 Å². The molecule has 0 saturated carbocycles. The Bertz CT molecular complexity index is 713. The number of carbonyl (C=O) groups excluding carboxylic acids is 1. The predicted molar refractivity (Wildman–Crippen MR) is 108 cm³/mol. The Labute approximate surface area is 171 Å². The normalized spacial score (nSPS) is 17.8. The van der Waals surface area contributed by atoms with Gasteiger partial charge in [-0.15, -0.1) is 29.9 Å². The Morgan fingerprint density at radius 3 is 2.48 bits per heavy atom. The highest BCUT2D eigenvalue weighted by Crippen LogP contribution is 2.18. The van der Waals surface area contributed by atoms with Crippen molar-refractivity contribution in [1.82, 2.24) is 30.2 Å². The third kappa shape index (κ3) is 4.88. The molecule has 4 rings (SSSR count). The molecule has 0 aromatic carbocycles. The van der Waals surface area contributed by atoms with Gasteiger partial charge in [-0.2, -0.15) is 0 Å². The van der Waals surface area contributed by atoms with Crippen molar-refractivity contribution in [2.45, 2.75) is 18.9 Å². The molecule has 8 nitrogen and oxygen atoms in total. The average Bonchev–Trinajstić information content (AvgIpc) is 3.19. The minimum absolute atomic E-state index is 0. The molecule has 0 unspecified atom stereocenters. The number of piperidine rings is 1. The summed E-state index contributed by atoms with van der Waals surface area (Å²) in [6.07, 6.45) is 5.66. The number of piperazine rings is 1. The summed E-state index contributed by atoms with van der Waals surface area (Å²) in [6, 6.07) is 6.24. The average molecular weight is 414 g/mol. The number of hydrogen-bond acceptors (Lipinski definition) is 6. The zero-order chi connectivity index (χ0) is 17.1. The summed E-state index contributed by atoms with van der Waals surface area (Å²) in [5.41, 5.74) is 0.449. The van der Waals surface area contributed by atoms with E-state index in [2.05, 4.69) is 25.5 Å². The smallest absolute Gasteiger partial charge is 0.276 e. The van der Waals surface area contributed by atoms with E-state index in [4.69, 9.17) is 0 Å². The van der Waals surface area contributed by atoms with Crippen molar-refractivity contribution in [2.75, 3.05) is 44.2 Å². The van der Waals surface area contributed by atoms with Crippen molar-refractivity contribution in [2.24, 2.45) is 0 Å². The second-order valence-electron chi connectivity index (χ2n) is 6.53. The van der Waals surface area contributed by atoms with Gasteiger partial charge in [0, 0.05) is 32.4 Å². The topological polar surface area (TPSA) is 79.2 Å². The molecule has 0 spiro atoms. The van der Waals surface area contributed by atoms with E-state index >= 15 is 0 Å². The van der Waals surface area contributed by atoms with E-state index in [0.717, 1.165) is 44.8 Å². The third-order valence-corrected chi connectivity index (χ3v) is 4.95. The fourth-order valence-corrected chi connectivity index (χ4v) is 3.47. The number of halogens is 2. The Morgan fingerprint density at radius 2 is 1.81 bits per heavy atom. The lowest BCUT2D eigenvalue weighted by molar-refractivity contribution is 0.0740. The van der Waals surface area contributed by atoms with Gasteiger partial charge in [-0.05, 0) is 38.1 Å². The van der Waals surface area contributed by atoms with Crippen LogP contribution in [0.15, 0.2) is 30.6 Å². The molecule has 4 heterocycles. The number of rotatable bonds is 3. The zero-order valence-electron chi connectivity index (χ0n) is 15.0. The van der Waals surface area contributed by atoms with E-state index in [0.29, 0.717) is 24.8 Å². The highest BCUT2D eigenvalue weighted by molar-refractivity contribution is 5.92.